The number of rotatable bonds is 6. The molecule has 20 heavy (non-hydrogen) atoms. The minimum Gasteiger partial charge on any atom is -0.328 e. The smallest absolute Gasteiger partial charge is 0.227 e. The van der Waals surface area contributed by atoms with Crippen LogP contribution in [-0.4, -0.2) is 11.9 Å². The van der Waals surface area contributed by atoms with Crippen molar-refractivity contribution in [3.8, 4) is 6.07 Å². The Morgan fingerprint density at radius 3 is 2.60 bits per heavy atom. The predicted octanol–water partition coefficient (Wildman–Crippen LogP) is 3.33. The van der Waals surface area contributed by atoms with Crippen molar-refractivity contribution < 1.29 is 4.79 Å². The highest BCUT2D eigenvalue weighted by atomic mass is 32.1. The zero-order valence-corrected chi connectivity index (χ0v) is 13.4. The normalized spacial score (nSPS) is 13.6. The first-order valence-electron chi connectivity index (χ1n) is 6.93. The summed E-state index contributed by atoms with van der Waals surface area (Å²) in [6.07, 6.45) is 2.69. The Hall–Kier alpha value is -1.38. The lowest BCUT2D eigenvalue weighted by atomic mass is 10.0. The van der Waals surface area contributed by atoms with Crippen LogP contribution in [0.1, 0.15) is 49.1 Å². The van der Waals surface area contributed by atoms with Gasteiger partial charge in [0.15, 0.2) is 0 Å². The van der Waals surface area contributed by atoms with Crippen LogP contribution in [0.2, 0.25) is 0 Å². The standard InChI is InChI=1S/C15H23N3OS/c1-9(6-5-7-10(2)17)14(19)18-15-13(8-16)11(3)12(4)20-15/h9-10H,5-7,17H2,1-4H3,(H,18,19). The molecule has 0 aromatic carbocycles. The number of anilines is 1. The van der Waals surface area contributed by atoms with Crippen LogP contribution in [0.15, 0.2) is 0 Å². The molecule has 0 radical (unpaired) electrons. The summed E-state index contributed by atoms with van der Waals surface area (Å²) < 4.78 is 0. The number of carbonyl (C=O) groups excluding carboxylic acids is 1. The maximum Gasteiger partial charge on any atom is 0.227 e. The van der Waals surface area contributed by atoms with Gasteiger partial charge in [0.2, 0.25) is 5.91 Å². The SMILES string of the molecule is Cc1sc(NC(=O)C(C)CCCC(C)N)c(C#N)c1C. The van der Waals surface area contributed by atoms with Gasteiger partial charge in [-0.1, -0.05) is 13.3 Å². The van der Waals surface area contributed by atoms with Gasteiger partial charge >= 0.3 is 0 Å². The summed E-state index contributed by atoms with van der Waals surface area (Å²) in [5.41, 5.74) is 7.24. The molecule has 0 saturated carbocycles. The molecule has 4 nitrogen and oxygen atoms in total. The van der Waals surface area contributed by atoms with Gasteiger partial charge in [0.05, 0.1) is 5.56 Å². The molecule has 110 valence electrons. The zero-order valence-electron chi connectivity index (χ0n) is 12.6. The molecule has 1 amide bonds. The molecule has 0 bridgehead atoms. The van der Waals surface area contributed by atoms with E-state index in [4.69, 9.17) is 11.0 Å². The van der Waals surface area contributed by atoms with E-state index < -0.39 is 0 Å². The van der Waals surface area contributed by atoms with Crippen LogP contribution in [0, 0.1) is 31.1 Å². The molecular formula is C15H23N3OS. The summed E-state index contributed by atoms with van der Waals surface area (Å²) in [6, 6.07) is 2.34. The number of nitrogens with two attached hydrogens (primary N) is 1. The van der Waals surface area contributed by atoms with Gasteiger partial charge in [0, 0.05) is 16.8 Å². The molecule has 0 spiro atoms. The fourth-order valence-electron chi connectivity index (χ4n) is 1.96. The summed E-state index contributed by atoms with van der Waals surface area (Å²) in [7, 11) is 0. The van der Waals surface area contributed by atoms with Crippen LogP contribution in [0.5, 0.6) is 0 Å². The number of thiophene rings is 1. The summed E-state index contributed by atoms with van der Waals surface area (Å²) in [5, 5.41) is 12.7. The fourth-order valence-corrected chi connectivity index (χ4v) is 2.98. The molecule has 2 unspecified atom stereocenters. The Labute approximate surface area is 125 Å². The highest BCUT2D eigenvalue weighted by molar-refractivity contribution is 7.16. The van der Waals surface area contributed by atoms with E-state index >= 15 is 0 Å². The third-order valence-electron chi connectivity index (χ3n) is 3.48. The van der Waals surface area contributed by atoms with Crippen LogP contribution in [-0.2, 0) is 4.79 Å². The Kier molecular flexibility index (Phi) is 6.18. The van der Waals surface area contributed by atoms with E-state index in [9.17, 15) is 4.79 Å². The van der Waals surface area contributed by atoms with Gasteiger partial charge < -0.3 is 11.1 Å². The number of hydrogen-bond donors (Lipinski definition) is 2. The van der Waals surface area contributed by atoms with Crippen LogP contribution < -0.4 is 11.1 Å². The van der Waals surface area contributed by atoms with Gasteiger partial charge in [-0.25, -0.2) is 0 Å². The number of hydrogen-bond acceptors (Lipinski definition) is 4. The Bertz CT molecular complexity index is 514. The molecule has 1 heterocycles. The molecule has 0 aliphatic carbocycles. The van der Waals surface area contributed by atoms with E-state index in [1.54, 1.807) is 0 Å². The lowest BCUT2D eigenvalue weighted by molar-refractivity contribution is -0.119. The quantitative estimate of drug-likeness (QED) is 0.844. The lowest BCUT2D eigenvalue weighted by Crippen LogP contribution is -2.21. The number of nitrogens with zero attached hydrogens (tertiary/aromatic N) is 1. The van der Waals surface area contributed by atoms with Crippen LogP contribution in [0.3, 0.4) is 0 Å². The van der Waals surface area contributed by atoms with E-state index in [0.717, 1.165) is 29.7 Å². The van der Waals surface area contributed by atoms with Crippen molar-refractivity contribution in [2.24, 2.45) is 11.7 Å². The highest BCUT2D eigenvalue weighted by Crippen LogP contribution is 2.32. The number of carbonyl (C=O) groups is 1. The van der Waals surface area contributed by atoms with Gasteiger partial charge in [-0.2, -0.15) is 5.26 Å². The minimum atomic E-state index is -0.0667. The Balaban J connectivity index is 2.62. The maximum atomic E-state index is 12.1. The molecule has 2 atom stereocenters. The van der Waals surface area contributed by atoms with Crippen molar-refractivity contribution in [3.63, 3.8) is 0 Å². The summed E-state index contributed by atoms with van der Waals surface area (Å²) >= 11 is 1.47. The second-order valence-corrected chi connectivity index (χ2v) is 6.62. The first-order chi connectivity index (χ1) is 9.36. The number of aryl methyl sites for hydroxylation is 1. The molecule has 0 aliphatic heterocycles. The monoisotopic (exact) mass is 293 g/mol. The molecule has 1 aromatic heterocycles. The van der Waals surface area contributed by atoms with E-state index in [2.05, 4.69) is 11.4 Å². The average Bonchev–Trinajstić information content (AvgIpc) is 2.63. The highest BCUT2D eigenvalue weighted by Gasteiger charge is 2.18. The van der Waals surface area contributed by atoms with Gasteiger partial charge in [-0.05, 0) is 39.2 Å². The third-order valence-corrected chi connectivity index (χ3v) is 4.60. The van der Waals surface area contributed by atoms with Crippen LogP contribution in [0.25, 0.3) is 0 Å². The number of amides is 1. The second-order valence-electron chi connectivity index (χ2n) is 5.40. The Morgan fingerprint density at radius 1 is 1.40 bits per heavy atom. The van der Waals surface area contributed by atoms with Gasteiger partial charge in [-0.15, -0.1) is 11.3 Å². The van der Waals surface area contributed by atoms with Gasteiger partial charge in [0.1, 0.15) is 11.1 Å². The molecule has 0 fully saturated rings. The first-order valence-corrected chi connectivity index (χ1v) is 7.75. The van der Waals surface area contributed by atoms with Crippen molar-refractivity contribution in [2.75, 3.05) is 5.32 Å². The van der Waals surface area contributed by atoms with E-state index in [1.165, 1.54) is 11.3 Å². The first kappa shape index (κ1) is 16.7. The topological polar surface area (TPSA) is 78.9 Å². The van der Waals surface area contributed by atoms with Crippen molar-refractivity contribution in [1.82, 2.24) is 0 Å². The van der Waals surface area contributed by atoms with Gasteiger partial charge in [-0.3, -0.25) is 4.79 Å². The van der Waals surface area contributed by atoms with E-state index in [-0.39, 0.29) is 17.9 Å². The molecule has 1 rings (SSSR count). The zero-order chi connectivity index (χ0) is 15.3. The van der Waals surface area contributed by atoms with Crippen LogP contribution >= 0.6 is 11.3 Å². The maximum absolute atomic E-state index is 12.1. The van der Waals surface area contributed by atoms with Crippen molar-refractivity contribution >= 4 is 22.2 Å². The molecule has 0 aliphatic rings. The van der Waals surface area contributed by atoms with Gasteiger partial charge in [0.25, 0.3) is 0 Å². The molecule has 0 saturated heterocycles. The summed E-state index contributed by atoms with van der Waals surface area (Å²) in [5.74, 6) is -0.0876. The lowest BCUT2D eigenvalue weighted by Gasteiger charge is -2.12. The number of nitrogens with one attached hydrogen (secondary N) is 1. The summed E-state index contributed by atoms with van der Waals surface area (Å²) in [4.78, 5) is 13.2. The predicted molar refractivity (Wildman–Crippen MR) is 83.8 cm³/mol. The largest absolute Gasteiger partial charge is 0.328 e. The van der Waals surface area contributed by atoms with Crippen molar-refractivity contribution in [3.05, 3.63) is 16.0 Å². The van der Waals surface area contributed by atoms with Crippen molar-refractivity contribution in [2.45, 2.75) is 53.0 Å². The summed E-state index contributed by atoms with van der Waals surface area (Å²) in [6.45, 7) is 7.76. The number of nitriles is 1. The van der Waals surface area contributed by atoms with Crippen molar-refractivity contribution in [1.29, 1.82) is 5.26 Å². The molecular weight excluding hydrogens is 270 g/mol. The van der Waals surface area contributed by atoms with E-state index in [1.807, 2.05) is 27.7 Å². The second kappa shape index (κ2) is 7.41. The molecule has 5 heteroatoms. The molecule has 1 aromatic rings. The Morgan fingerprint density at radius 2 is 2.05 bits per heavy atom. The van der Waals surface area contributed by atoms with Crippen LogP contribution in [0.4, 0.5) is 5.00 Å². The fraction of sp³-hybridized carbons (Fsp3) is 0.600. The van der Waals surface area contributed by atoms with E-state index in [0.29, 0.717) is 10.6 Å². The third kappa shape index (κ3) is 4.32. The molecule has 3 N–H and O–H groups in total. The average molecular weight is 293 g/mol. The minimum absolute atomic E-state index is 0.0209.